The van der Waals surface area contributed by atoms with Crippen molar-refractivity contribution >= 4 is 22.3 Å². The summed E-state index contributed by atoms with van der Waals surface area (Å²) in [5, 5.41) is 2.62. The molecule has 0 radical (unpaired) electrons. The summed E-state index contributed by atoms with van der Waals surface area (Å²) in [7, 11) is 2.11. The third kappa shape index (κ3) is 2.50. The number of rotatable bonds is 5. The van der Waals surface area contributed by atoms with E-state index in [9.17, 15) is 0 Å². The Hall–Kier alpha value is -2.62. The maximum atomic E-state index is 4.88. The van der Waals surface area contributed by atoms with E-state index >= 15 is 0 Å². The highest BCUT2D eigenvalue weighted by molar-refractivity contribution is 6.26. The Kier molecular flexibility index (Phi) is 3.58. The molecule has 4 heteroatoms. The maximum Gasteiger partial charge on any atom is 0.135 e. The Bertz CT molecular complexity index is 844. The predicted molar refractivity (Wildman–Crippen MR) is 95.2 cm³/mol. The lowest BCUT2D eigenvalue weighted by Gasteiger charge is -2.14. The smallest absolute Gasteiger partial charge is 0.135 e. The minimum Gasteiger partial charge on any atom is -0.337 e. The number of unbranched alkanes of at least 4 members (excludes halogenated alkanes) is 1. The zero-order valence-corrected chi connectivity index (χ0v) is 13.3. The number of aliphatic imine (C=N–C) groups is 1. The van der Waals surface area contributed by atoms with E-state index in [-0.39, 0.29) is 0 Å². The van der Waals surface area contributed by atoms with Crippen molar-refractivity contribution in [1.82, 2.24) is 9.55 Å². The molecule has 4 nitrogen and oxygen atoms in total. The second kappa shape index (κ2) is 5.88. The second-order valence-corrected chi connectivity index (χ2v) is 5.95. The van der Waals surface area contributed by atoms with Gasteiger partial charge in [0.05, 0.1) is 12.0 Å². The number of anilines is 1. The Morgan fingerprint density at radius 3 is 2.78 bits per heavy atom. The first-order valence-corrected chi connectivity index (χ1v) is 8.10. The van der Waals surface area contributed by atoms with Gasteiger partial charge in [0, 0.05) is 43.5 Å². The van der Waals surface area contributed by atoms with Gasteiger partial charge >= 0.3 is 0 Å². The number of imidazole rings is 1. The van der Waals surface area contributed by atoms with Crippen LogP contribution in [0, 0.1) is 0 Å². The van der Waals surface area contributed by atoms with Gasteiger partial charge in [0.1, 0.15) is 5.84 Å². The highest BCUT2D eigenvalue weighted by atomic mass is 15.2. The molecule has 0 aliphatic carbocycles. The van der Waals surface area contributed by atoms with Gasteiger partial charge in [-0.3, -0.25) is 4.99 Å². The van der Waals surface area contributed by atoms with Crippen molar-refractivity contribution in [1.29, 1.82) is 0 Å². The summed E-state index contributed by atoms with van der Waals surface area (Å²) in [6.45, 7) is 1.87. The molecule has 2 heterocycles. The lowest BCUT2D eigenvalue weighted by Crippen LogP contribution is -2.22. The molecule has 116 valence electrons. The fraction of sp³-hybridized carbons (Fsp3) is 0.263. The molecule has 0 bridgehead atoms. The van der Waals surface area contributed by atoms with Crippen LogP contribution in [0.1, 0.15) is 18.4 Å². The lowest BCUT2D eigenvalue weighted by atomic mass is 10.1. The van der Waals surface area contributed by atoms with Crippen LogP contribution in [-0.4, -0.2) is 29.0 Å². The average Bonchev–Trinajstić information content (AvgIpc) is 3.18. The van der Waals surface area contributed by atoms with Gasteiger partial charge in [0.2, 0.25) is 0 Å². The Labute approximate surface area is 136 Å². The molecule has 4 rings (SSSR count). The molecule has 0 atom stereocenters. The number of benzene rings is 2. The molecule has 0 saturated carbocycles. The fourth-order valence-electron chi connectivity index (χ4n) is 3.28. The fourth-order valence-corrected chi connectivity index (χ4v) is 3.28. The molecule has 23 heavy (non-hydrogen) atoms. The maximum absolute atomic E-state index is 4.88. The highest BCUT2D eigenvalue weighted by Crippen LogP contribution is 2.36. The molecule has 0 fully saturated rings. The van der Waals surface area contributed by atoms with Crippen molar-refractivity contribution in [2.75, 3.05) is 18.5 Å². The molecule has 0 N–H and O–H groups in total. The van der Waals surface area contributed by atoms with Crippen molar-refractivity contribution in [3.63, 3.8) is 0 Å². The Morgan fingerprint density at radius 2 is 1.96 bits per heavy atom. The molecule has 0 amide bonds. The summed E-state index contributed by atoms with van der Waals surface area (Å²) in [6, 6.07) is 12.9. The van der Waals surface area contributed by atoms with Gasteiger partial charge in [-0.25, -0.2) is 4.98 Å². The first kappa shape index (κ1) is 14.0. The van der Waals surface area contributed by atoms with Crippen LogP contribution in [0.3, 0.4) is 0 Å². The normalized spacial score (nSPS) is 15.0. The minimum atomic E-state index is 0.860. The highest BCUT2D eigenvalue weighted by Gasteiger charge is 2.24. The van der Waals surface area contributed by atoms with Gasteiger partial charge in [-0.1, -0.05) is 30.3 Å². The van der Waals surface area contributed by atoms with Crippen LogP contribution in [-0.2, 0) is 6.54 Å². The number of aromatic nitrogens is 2. The number of hydrogen-bond acceptors (Lipinski definition) is 2. The SMILES string of the molecule is CN1/C(=N\CCCCn2ccnc2)c2cccc3cccc1c23. The summed E-state index contributed by atoms with van der Waals surface area (Å²) >= 11 is 0. The summed E-state index contributed by atoms with van der Waals surface area (Å²) in [5.74, 6) is 1.10. The molecule has 0 saturated heterocycles. The molecular formula is C19H20N4. The first-order valence-electron chi connectivity index (χ1n) is 8.10. The lowest BCUT2D eigenvalue weighted by molar-refractivity contribution is 0.615. The van der Waals surface area contributed by atoms with Crippen LogP contribution < -0.4 is 4.90 Å². The molecule has 1 aromatic heterocycles. The van der Waals surface area contributed by atoms with Crippen molar-refractivity contribution in [2.45, 2.75) is 19.4 Å². The van der Waals surface area contributed by atoms with Crippen LogP contribution in [0.2, 0.25) is 0 Å². The quantitative estimate of drug-likeness (QED) is 0.673. The largest absolute Gasteiger partial charge is 0.337 e. The number of amidine groups is 1. The van der Waals surface area contributed by atoms with E-state index in [1.807, 2.05) is 18.7 Å². The zero-order chi connectivity index (χ0) is 15.6. The zero-order valence-electron chi connectivity index (χ0n) is 13.3. The van der Waals surface area contributed by atoms with Crippen LogP contribution in [0.5, 0.6) is 0 Å². The van der Waals surface area contributed by atoms with Gasteiger partial charge in [0.25, 0.3) is 0 Å². The minimum absolute atomic E-state index is 0.860. The van der Waals surface area contributed by atoms with E-state index in [4.69, 9.17) is 4.99 Å². The summed E-state index contributed by atoms with van der Waals surface area (Å²) < 4.78 is 2.12. The van der Waals surface area contributed by atoms with Gasteiger partial charge in [-0.15, -0.1) is 0 Å². The van der Waals surface area contributed by atoms with E-state index in [0.29, 0.717) is 0 Å². The summed E-state index contributed by atoms with van der Waals surface area (Å²) in [6.07, 6.45) is 7.91. The van der Waals surface area contributed by atoms with Gasteiger partial charge < -0.3 is 9.47 Å². The van der Waals surface area contributed by atoms with Crippen molar-refractivity contribution in [3.8, 4) is 0 Å². The van der Waals surface area contributed by atoms with Crippen LogP contribution in [0.4, 0.5) is 5.69 Å². The van der Waals surface area contributed by atoms with Gasteiger partial charge in [0.15, 0.2) is 0 Å². The molecule has 3 aromatic rings. The van der Waals surface area contributed by atoms with Crippen molar-refractivity contribution < 1.29 is 0 Å². The van der Waals surface area contributed by atoms with Crippen LogP contribution >= 0.6 is 0 Å². The molecular weight excluding hydrogens is 284 g/mol. The topological polar surface area (TPSA) is 33.4 Å². The molecule has 2 aromatic carbocycles. The molecule has 0 unspecified atom stereocenters. The van der Waals surface area contributed by atoms with E-state index in [0.717, 1.165) is 31.8 Å². The van der Waals surface area contributed by atoms with Crippen molar-refractivity contribution in [3.05, 3.63) is 60.7 Å². The Morgan fingerprint density at radius 1 is 1.09 bits per heavy atom. The number of aryl methyl sites for hydroxylation is 1. The van der Waals surface area contributed by atoms with Crippen LogP contribution in [0.25, 0.3) is 10.8 Å². The first-order chi connectivity index (χ1) is 11.3. The number of nitrogens with zero attached hydrogens (tertiary/aromatic N) is 4. The molecule has 1 aliphatic rings. The summed E-state index contributed by atoms with van der Waals surface area (Å²) in [5.41, 5.74) is 2.52. The average molecular weight is 304 g/mol. The third-order valence-electron chi connectivity index (χ3n) is 4.45. The van der Waals surface area contributed by atoms with E-state index in [1.165, 1.54) is 22.0 Å². The summed E-state index contributed by atoms with van der Waals surface area (Å²) in [4.78, 5) is 11.2. The Balaban J connectivity index is 1.48. The molecule has 1 aliphatic heterocycles. The van der Waals surface area contributed by atoms with Crippen LogP contribution in [0.15, 0.2) is 60.1 Å². The van der Waals surface area contributed by atoms with Gasteiger partial charge in [-0.2, -0.15) is 0 Å². The monoisotopic (exact) mass is 304 g/mol. The van der Waals surface area contributed by atoms with E-state index < -0.39 is 0 Å². The van der Waals surface area contributed by atoms with Crippen molar-refractivity contribution in [2.24, 2.45) is 4.99 Å². The second-order valence-electron chi connectivity index (χ2n) is 5.95. The number of hydrogen-bond donors (Lipinski definition) is 0. The standard InChI is InChI=1S/C19H20N4/c1-22-17-9-5-7-15-6-4-8-16(18(15)17)19(22)21-10-2-3-12-23-13-11-20-14-23/h4-9,11,13-14H,2-3,10,12H2,1H3/b21-19-. The predicted octanol–water partition coefficient (Wildman–Crippen LogP) is 3.71. The third-order valence-corrected chi connectivity index (χ3v) is 4.45. The van der Waals surface area contributed by atoms with E-state index in [1.54, 1.807) is 0 Å². The van der Waals surface area contributed by atoms with Gasteiger partial charge in [-0.05, 0) is 24.3 Å². The van der Waals surface area contributed by atoms with E-state index in [2.05, 4.69) is 57.9 Å². The molecule has 0 spiro atoms.